The molecule has 3 aromatic carbocycles. The smallest absolute Gasteiger partial charge is 0.246 e. The first kappa shape index (κ1) is 24.5. The van der Waals surface area contributed by atoms with Crippen molar-refractivity contribution in [1.82, 2.24) is 21.7 Å². The summed E-state index contributed by atoms with van der Waals surface area (Å²) >= 11 is 0. The second-order valence-electron chi connectivity index (χ2n) is 7.60. The summed E-state index contributed by atoms with van der Waals surface area (Å²) in [7, 11) is 0. The van der Waals surface area contributed by atoms with E-state index in [0.29, 0.717) is 11.1 Å². The fourth-order valence-corrected chi connectivity index (χ4v) is 4.17. The van der Waals surface area contributed by atoms with Gasteiger partial charge in [0.05, 0.1) is 0 Å². The predicted molar refractivity (Wildman–Crippen MR) is 125 cm³/mol. The van der Waals surface area contributed by atoms with Crippen molar-refractivity contribution in [2.75, 3.05) is 0 Å². The van der Waals surface area contributed by atoms with Gasteiger partial charge < -0.3 is 0 Å². The van der Waals surface area contributed by atoms with Crippen molar-refractivity contribution in [2.45, 2.75) is 12.8 Å². The van der Waals surface area contributed by atoms with E-state index in [1.807, 2.05) is 70.2 Å². The van der Waals surface area contributed by atoms with E-state index in [2.05, 4.69) is 0 Å². The number of hydrogen-bond donors (Lipinski definition) is 8. The fraction of sp³-hybridized carbons (Fsp3) is 0.182. The third kappa shape index (κ3) is 4.65. The SMILES string of the molecule is NNC(=O)C(Cc1c2ccccc2c(CC(C(=O)NN)C(=O)NN)c2ccccc12)C(=O)NN. The molecule has 0 spiro atoms. The molecule has 0 atom stereocenters. The van der Waals surface area contributed by atoms with Crippen LogP contribution >= 0.6 is 0 Å². The number of hydrogen-bond acceptors (Lipinski definition) is 8. The minimum Gasteiger partial charge on any atom is -0.294 e. The maximum absolute atomic E-state index is 12.4. The number of nitrogens with one attached hydrogen (secondary N) is 4. The van der Waals surface area contributed by atoms with Gasteiger partial charge in [0.2, 0.25) is 23.6 Å². The van der Waals surface area contributed by atoms with Crippen molar-refractivity contribution in [3.05, 3.63) is 59.7 Å². The van der Waals surface area contributed by atoms with E-state index in [4.69, 9.17) is 23.4 Å². The quantitative estimate of drug-likeness (QED) is 0.0625. The van der Waals surface area contributed by atoms with Gasteiger partial charge in [-0.05, 0) is 45.5 Å². The van der Waals surface area contributed by atoms with Crippen LogP contribution in [0.3, 0.4) is 0 Å². The van der Waals surface area contributed by atoms with Gasteiger partial charge >= 0.3 is 0 Å². The van der Waals surface area contributed by atoms with Gasteiger partial charge in [-0.25, -0.2) is 23.4 Å². The van der Waals surface area contributed by atoms with E-state index >= 15 is 0 Å². The number of rotatable bonds is 8. The number of hydrazine groups is 4. The van der Waals surface area contributed by atoms with Gasteiger partial charge in [0.15, 0.2) is 0 Å². The summed E-state index contributed by atoms with van der Waals surface area (Å²) in [4.78, 5) is 49.4. The summed E-state index contributed by atoms with van der Waals surface area (Å²) in [5.41, 5.74) is 9.42. The highest BCUT2D eigenvalue weighted by Gasteiger charge is 2.30. The molecule has 0 heterocycles. The predicted octanol–water partition coefficient (Wildman–Crippen LogP) is -1.73. The average molecular weight is 467 g/mol. The van der Waals surface area contributed by atoms with Gasteiger partial charge in [0, 0.05) is 0 Å². The minimum atomic E-state index is -1.19. The van der Waals surface area contributed by atoms with Crippen LogP contribution in [0.1, 0.15) is 11.1 Å². The van der Waals surface area contributed by atoms with Crippen LogP contribution in [0, 0.1) is 11.8 Å². The van der Waals surface area contributed by atoms with Crippen LogP contribution in [0.15, 0.2) is 48.5 Å². The molecule has 0 radical (unpaired) electrons. The Labute approximate surface area is 194 Å². The van der Waals surface area contributed by atoms with Crippen molar-refractivity contribution < 1.29 is 19.2 Å². The van der Waals surface area contributed by atoms with Gasteiger partial charge in [-0.1, -0.05) is 48.5 Å². The summed E-state index contributed by atoms with van der Waals surface area (Å²) in [6.45, 7) is 0. The van der Waals surface area contributed by atoms with Crippen LogP contribution < -0.4 is 45.1 Å². The molecule has 4 amide bonds. The van der Waals surface area contributed by atoms with Crippen molar-refractivity contribution in [3.63, 3.8) is 0 Å². The Morgan fingerprint density at radius 2 is 0.765 bits per heavy atom. The number of benzene rings is 3. The molecule has 0 aliphatic heterocycles. The minimum absolute atomic E-state index is 0.00335. The molecule has 34 heavy (non-hydrogen) atoms. The lowest BCUT2D eigenvalue weighted by Gasteiger charge is -2.21. The third-order valence-electron chi connectivity index (χ3n) is 5.81. The van der Waals surface area contributed by atoms with Gasteiger partial charge in [0.25, 0.3) is 0 Å². The molecule has 0 fully saturated rings. The topological polar surface area (TPSA) is 220 Å². The monoisotopic (exact) mass is 466 g/mol. The highest BCUT2D eigenvalue weighted by Crippen LogP contribution is 2.35. The maximum Gasteiger partial charge on any atom is 0.246 e. The molecular formula is C22H26N8O4. The molecule has 0 unspecified atom stereocenters. The lowest BCUT2D eigenvalue weighted by Crippen LogP contribution is -2.47. The molecule has 178 valence electrons. The number of nitrogens with two attached hydrogens (primary N) is 4. The summed E-state index contributed by atoms with van der Waals surface area (Å²) < 4.78 is 0. The Hall–Kier alpha value is -4.10. The molecule has 12 heteroatoms. The molecule has 3 rings (SSSR count). The molecule has 0 bridgehead atoms. The highest BCUT2D eigenvalue weighted by atomic mass is 16.2. The first-order valence-electron chi connectivity index (χ1n) is 10.3. The van der Waals surface area contributed by atoms with E-state index < -0.39 is 35.5 Å². The van der Waals surface area contributed by atoms with Crippen LogP contribution in [0.4, 0.5) is 0 Å². The molecule has 0 aromatic heterocycles. The number of carbonyl (C=O) groups is 4. The molecule has 12 nitrogen and oxygen atoms in total. The second kappa shape index (κ2) is 10.7. The summed E-state index contributed by atoms with van der Waals surface area (Å²) in [5, 5.41) is 2.93. The summed E-state index contributed by atoms with van der Waals surface area (Å²) in [5.74, 6) is 16.0. The van der Waals surface area contributed by atoms with E-state index in [0.717, 1.165) is 21.5 Å². The molecule has 0 aliphatic rings. The lowest BCUT2D eigenvalue weighted by molar-refractivity contribution is -0.136. The largest absolute Gasteiger partial charge is 0.294 e. The van der Waals surface area contributed by atoms with Crippen LogP contribution in [-0.2, 0) is 32.0 Å². The Balaban J connectivity index is 2.28. The lowest BCUT2D eigenvalue weighted by atomic mass is 9.84. The summed E-state index contributed by atoms with van der Waals surface area (Å²) in [6.07, 6.45) is 0.00669. The normalized spacial score (nSPS) is 11.0. The third-order valence-corrected chi connectivity index (χ3v) is 5.81. The van der Waals surface area contributed by atoms with E-state index in [-0.39, 0.29) is 12.8 Å². The molecular weight excluding hydrogens is 440 g/mol. The molecule has 0 aliphatic carbocycles. The fourth-order valence-electron chi connectivity index (χ4n) is 4.17. The molecule has 12 N–H and O–H groups in total. The van der Waals surface area contributed by atoms with Gasteiger partial charge in [0.1, 0.15) is 11.8 Å². The van der Waals surface area contributed by atoms with E-state index in [9.17, 15) is 19.2 Å². The summed E-state index contributed by atoms with van der Waals surface area (Å²) in [6, 6.07) is 14.6. The second-order valence-corrected chi connectivity index (χ2v) is 7.60. The van der Waals surface area contributed by atoms with Gasteiger partial charge in [-0.15, -0.1) is 0 Å². The zero-order valence-electron chi connectivity index (χ0n) is 18.1. The van der Waals surface area contributed by atoms with E-state index in [1.54, 1.807) is 0 Å². The number of carbonyl (C=O) groups excluding carboxylic acids is 4. The van der Waals surface area contributed by atoms with E-state index in [1.165, 1.54) is 0 Å². The van der Waals surface area contributed by atoms with Crippen LogP contribution in [-0.4, -0.2) is 23.6 Å². The Kier molecular flexibility index (Phi) is 7.71. The first-order chi connectivity index (χ1) is 16.4. The van der Waals surface area contributed by atoms with Crippen molar-refractivity contribution in [1.29, 1.82) is 0 Å². The van der Waals surface area contributed by atoms with Crippen molar-refractivity contribution in [3.8, 4) is 0 Å². The average Bonchev–Trinajstić information content (AvgIpc) is 2.88. The molecule has 0 saturated carbocycles. The molecule has 0 saturated heterocycles. The Bertz CT molecular complexity index is 1080. The first-order valence-corrected chi connectivity index (χ1v) is 10.3. The Morgan fingerprint density at radius 3 is 0.971 bits per heavy atom. The number of amides is 4. The zero-order valence-corrected chi connectivity index (χ0v) is 18.1. The van der Waals surface area contributed by atoms with Crippen molar-refractivity contribution in [2.24, 2.45) is 35.2 Å². The van der Waals surface area contributed by atoms with Crippen LogP contribution in [0.2, 0.25) is 0 Å². The highest BCUT2D eigenvalue weighted by molar-refractivity contribution is 6.09. The zero-order chi connectivity index (χ0) is 24.8. The van der Waals surface area contributed by atoms with Crippen molar-refractivity contribution >= 4 is 45.2 Å². The van der Waals surface area contributed by atoms with Gasteiger partial charge in [-0.2, -0.15) is 0 Å². The van der Waals surface area contributed by atoms with Crippen LogP contribution in [0.25, 0.3) is 21.5 Å². The Morgan fingerprint density at radius 1 is 0.529 bits per heavy atom. The van der Waals surface area contributed by atoms with Crippen LogP contribution in [0.5, 0.6) is 0 Å². The molecule has 3 aromatic rings. The number of fused-ring (bicyclic) bond motifs is 2. The van der Waals surface area contributed by atoms with Gasteiger partial charge in [-0.3, -0.25) is 40.9 Å². The standard InChI is InChI=1S/C22H26N8O4/c23-27-19(31)17(20(32)28-24)9-15-11-5-1-2-6-12(11)16(14-8-4-3-7-13(14)15)10-18(21(33)29-25)22(34)30-26/h1-8,17-18H,9-10,23-26H2,(H,27,31)(H,28,32)(H,29,33)(H,30,34). The maximum atomic E-state index is 12.4.